The summed E-state index contributed by atoms with van der Waals surface area (Å²) in [6.45, 7) is 5.31. The molecule has 1 aromatic carbocycles. The summed E-state index contributed by atoms with van der Waals surface area (Å²) in [6, 6.07) is 6.40. The maximum atomic E-state index is 12.5. The fraction of sp³-hybridized carbons (Fsp3) is 0.526. The van der Waals surface area contributed by atoms with Gasteiger partial charge in [0.05, 0.1) is 19.4 Å². The van der Waals surface area contributed by atoms with E-state index in [0.717, 1.165) is 5.56 Å². The number of carbonyl (C=O) groups is 2. The first-order valence-corrected chi connectivity index (χ1v) is 8.75. The first kappa shape index (κ1) is 19.0. The van der Waals surface area contributed by atoms with E-state index < -0.39 is 29.3 Å². The summed E-state index contributed by atoms with van der Waals surface area (Å²) in [5.74, 6) is -0.430. The van der Waals surface area contributed by atoms with Gasteiger partial charge in [-0.2, -0.15) is 0 Å². The zero-order valence-electron chi connectivity index (χ0n) is 15.9. The van der Waals surface area contributed by atoms with E-state index in [9.17, 15) is 14.7 Å². The Kier molecular flexibility index (Phi) is 4.75. The van der Waals surface area contributed by atoms with Crippen molar-refractivity contribution in [3.8, 4) is 5.75 Å². The molecule has 0 unspecified atom stereocenters. The van der Waals surface area contributed by atoms with Crippen molar-refractivity contribution in [1.29, 1.82) is 0 Å². The minimum atomic E-state index is -1.09. The maximum absolute atomic E-state index is 12.5. The molecule has 1 fully saturated rings. The van der Waals surface area contributed by atoms with Crippen molar-refractivity contribution in [2.24, 2.45) is 5.16 Å². The summed E-state index contributed by atoms with van der Waals surface area (Å²) >= 11 is 0. The van der Waals surface area contributed by atoms with Crippen LogP contribution in [-0.4, -0.2) is 58.7 Å². The van der Waals surface area contributed by atoms with Gasteiger partial charge in [0.1, 0.15) is 17.4 Å². The van der Waals surface area contributed by atoms with Gasteiger partial charge in [-0.25, -0.2) is 9.59 Å². The molecule has 1 aromatic rings. The number of para-hydroxylation sites is 1. The Hall–Kier alpha value is -2.77. The van der Waals surface area contributed by atoms with E-state index in [4.69, 9.17) is 14.3 Å². The highest BCUT2D eigenvalue weighted by molar-refractivity contribution is 6.04. The second-order valence-corrected chi connectivity index (χ2v) is 7.86. The first-order chi connectivity index (χ1) is 12.6. The summed E-state index contributed by atoms with van der Waals surface area (Å²) in [6.07, 6.45) is -0.138. The van der Waals surface area contributed by atoms with Crippen molar-refractivity contribution in [3.63, 3.8) is 0 Å². The Morgan fingerprint density at radius 1 is 1.33 bits per heavy atom. The quantitative estimate of drug-likeness (QED) is 0.871. The second-order valence-electron chi connectivity index (χ2n) is 7.86. The summed E-state index contributed by atoms with van der Waals surface area (Å²) in [7, 11) is 1.57. The number of ether oxygens (including phenoxy) is 2. The van der Waals surface area contributed by atoms with Crippen LogP contribution in [0.5, 0.6) is 5.75 Å². The molecule has 1 amide bonds. The minimum Gasteiger partial charge on any atom is -0.496 e. The highest BCUT2D eigenvalue weighted by atomic mass is 16.7. The number of benzene rings is 1. The molecule has 27 heavy (non-hydrogen) atoms. The summed E-state index contributed by atoms with van der Waals surface area (Å²) in [4.78, 5) is 31.1. The van der Waals surface area contributed by atoms with Gasteiger partial charge >= 0.3 is 12.1 Å². The summed E-state index contributed by atoms with van der Waals surface area (Å²) in [5.41, 5.74) is -0.135. The molecule has 2 heterocycles. The third-order valence-electron chi connectivity index (χ3n) is 4.57. The van der Waals surface area contributed by atoms with E-state index >= 15 is 0 Å². The Bertz CT molecular complexity index is 785. The van der Waals surface area contributed by atoms with Crippen molar-refractivity contribution >= 4 is 17.8 Å². The number of hydrogen-bond donors (Lipinski definition) is 1. The van der Waals surface area contributed by atoms with Gasteiger partial charge in [-0.1, -0.05) is 17.3 Å². The molecule has 0 aromatic heterocycles. The van der Waals surface area contributed by atoms with Crippen LogP contribution in [0, 0.1) is 0 Å². The first-order valence-electron chi connectivity index (χ1n) is 8.75. The van der Waals surface area contributed by atoms with Gasteiger partial charge in [0, 0.05) is 18.4 Å². The van der Waals surface area contributed by atoms with Crippen LogP contribution in [0.3, 0.4) is 0 Å². The number of carboxylic acids is 1. The van der Waals surface area contributed by atoms with Gasteiger partial charge in [-0.15, -0.1) is 0 Å². The second kappa shape index (κ2) is 6.75. The van der Waals surface area contributed by atoms with E-state index in [-0.39, 0.29) is 13.0 Å². The number of likely N-dealkylation sites (tertiary alicyclic amines) is 1. The van der Waals surface area contributed by atoms with Crippen molar-refractivity contribution in [2.45, 2.75) is 50.9 Å². The molecular formula is C19H24N2O6. The fourth-order valence-electron chi connectivity index (χ4n) is 3.42. The number of methoxy groups -OCH3 is 1. The van der Waals surface area contributed by atoms with E-state index in [1.54, 1.807) is 27.9 Å². The average molecular weight is 376 g/mol. The SMILES string of the molecule is COc1ccccc1C1=NO[C@@]2(C1)C[C@@H](C(=O)O)N(C(=O)OC(C)(C)C)C2. The predicted octanol–water partition coefficient (Wildman–Crippen LogP) is 2.65. The average Bonchev–Trinajstić information content (AvgIpc) is 3.18. The number of nitrogens with zero attached hydrogens (tertiary/aromatic N) is 2. The van der Waals surface area contributed by atoms with Gasteiger partial charge in [0.15, 0.2) is 5.60 Å². The van der Waals surface area contributed by atoms with Crippen molar-refractivity contribution < 1.29 is 29.0 Å². The van der Waals surface area contributed by atoms with Gasteiger partial charge in [-0.05, 0) is 32.9 Å². The van der Waals surface area contributed by atoms with Crippen molar-refractivity contribution in [3.05, 3.63) is 29.8 Å². The Labute approximate surface area is 157 Å². The normalized spacial score (nSPS) is 24.5. The lowest BCUT2D eigenvalue weighted by Crippen LogP contribution is -2.44. The Balaban J connectivity index is 1.80. The lowest BCUT2D eigenvalue weighted by Gasteiger charge is -2.27. The number of hydrogen-bond acceptors (Lipinski definition) is 6. The molecule has 1 saturated heterocycles. The fourth-order valence-corrected chi connectivity index (χ4v) is 3.42. The molecule has 2 aliphatic rings. The molecule has 3 rings (SSSR count). The molecule has 0 bridgehead atoms. The highest BCUT2D eigenvalue weighted by Gasteiger charge is 2.55. The number of rotatable bonds is 3. The molecule has 2 aliphatic heterocycles. The van der Waals surface area contributed by atoms with Crippen molar-refractivity contribution in [1.82, 2.24) is 4.90 Å². The van der Waals surface area contributed by atoms with Crippen LogP contribution in [0.15, 0.2) is 29.4 Å². The number of amides is 1. The number of aliphatic carboxylic acids is 1. The lowest BCUT2D eigenvalue weighted by atomic mass is 9.91. The minimum absolute atomic E-state index is 0.0982. The number of oxime groups is 1. The Morgan fingerprint density at radius 3 is 2.67 bits per heavy atom. The van der Waals surface area contributed by atoms with Crippen LogP contribution in [0.4, 0.5) is 4.79 Å². The van der Waals surface area contributed by atoms with E-state index in [0.29, 0.717) is 17.9 Å². The zero-order chi connectivity index (χ0) is 19.8. The smallest absolute Gasteiger partial charge is 0.411 e. The van der Waals surface area contributed by atoms with E-state index in [1.807, 2.05) is 24.3 Å². The molecular weight excluding hydrogens is 352 g/mol. The standard InChI is InChI=1S/C19H24N2O6/c1-18(2,3)26-17(24)21-11-19(10-14(21)16(22)23)9-13(20-27-19)12-7-5-6-8-15(12)25-4/h5-8,14H,9-11H2,1-4H3,(H,22,23)/t14-,19-/m0/s1. The third-order valence-corrected chi connectivity index (χ3v) is 4.57. The lowest BCUT2D eigenvalue weighted by molar-refractivity contribution is -0.142. The largest absolute Gasteiger partial charge is 0.496 e. The van der Waals surface area contributed by atoms with Crippen LogP contribution < -0.4 is 4.74 Å². The van der Waals surface area contributed by atoms with Gasteiger partial charge in [-0.3, -0.25) is 4.90 Å². The molecule has 146 valence electrons. The van der Waals surface area contributed by atoms with Crippen LogP contribution >= 0.6 is 0 Å². The highest BCUT2D eigenvalue weighted by Crippen LogP contribution is 2.40. The van der Waals surface area contributed by atoms with E-state index in [1.165, 1.54) is 4.90 Å². The molecule has 0 saturated carbocycles. The zero-order valence-corrected chi connectivity index (χ0v) is 15.9. The predicted molar refractivity (Wildman–Crippen MR) is 96.9 cm³/mol. The van der Waals surface area contributed by atoms with E-state index in [2.05, 4.69) is 5.16 Å². The molecule has 0 aliphatic carbocycles. The third kappa shape index (κ3) is 3.84. The van der Waals surface area contributed by atoms with Crippen LogP contribution in [0.25, 0.3) is 0 Å². The molecule has 0 radical (unpaired) electrons. The molecule has 2 atom stereocenters. The Morgan fingerprint density at radius 2 is 2.04 bits per heavy atom. The summed E-state index contributed by atoms with van der Waals surface area (Å²) < 4.78 is 10.7. The van der Waals surface area contributed by atoms with Crippen LogP contribution in [0.2, 0.25) is 0 Å². The molecule has 1 N–H and O–H groups in total. The van der Waals surface area contributed by atoms with Gasteiger partial charge in [0.2, 0.25) is 0 Å². The number of carbonyl (C=O) groups excluding carboxylic acids is 1. The maximum Gasteiger partial charge on any atom is 0.411 e. The molecule has 8 nitrogen and oxygen atoms in total. The summed E-state index contributed by atoms with van der Waals surface area (Å²) in [5, 5.41) is 13.8. The van der Waals surface area contributed by atoms with Crippen LogP contribution in [-0.2, 0) is 14.4 Å². The monoisotopic (exact) mass is 376 g/mol. The molecule has 8 heteroatoms. The van der Waals surface area contributed by atoms with Crippen LogP contribution in [0.1, 0.15) is 39.2 Å². The van der Waals surface area contributed by atoms with Crippen molar-refractivity contribution in [2.75, 3.05) is 13.7 Å². The van der Waals surface area contributed by atoms with Gasteiger partial charge in [0.25, 0.3) is 0 Å². The van der Waals surface area contributed by atoms with Gasteiger partial charge < -0.3 is 19.4 Å². The number of carboxylic acid groups (broad SMARTS) is 1. The molecule has 1 spiro atoms. The topological polar surface area (TPSA) is 97.7 Å².